The molecule has 1 N–H and O–H groups in total. The average molecular weight is 333 g/mol. The molecule has 0 radical (unpaired) electrons. The van der Waals surface area contributed by atoms with Crippen LogP contribution in [-0.4, -0.2) is 51.6 Å². The second-order valence-corrected chi connectivity index (χ2v) is 6.28. The van der Waals surface area contributed by atoms with Gasteiger partial charge in [-0.25, -0.2) is 15.0 Å². The lowest BCUT2D eigenvalue weighted by atomic mass is 10.2. The van der Waals surface area contributed by atoms with Crippen molar-refractivity contribution in [3.05, 3.63) is 34.7 Å². The molecule has 1 saturated heterocycles. The van der Waals surface area contributed by atoms with E-state index in [4.69, 9.17) is 4.74 Å². The minimum absolute atomic E-state index is 0.106. The molecule has 0 unspecified atom stereocenters. The van der Waals surface area contributed by atoms with Crippen molar-refractivity contribution >= 4 is 23.1 Å². The minimum atomic E-state index is -0.299. The zero-order valence-corrected chi connectivity index (χ0v) is 13.9. The predicted octanol–water partition coefficient (Wildman–Crippen LogP) is 1.97. The SMILES string of the molecule is CC(C)Nc1ccnc([C@H]2COCCN2C(=O)c2cscn2)n1. The lowest BCUT2D eigenvalue weighted by Gasteiger charge is -2.34. The number of anilines is 1. The molecule has 1 fully saturated rings. The monoisotopic (exact) mass is 333 g/mol. The number of hydrogen-bond donors (Lipinski definition) is 1. The summed E-state index contributed by atoms with van der Waals surface area (Å²) in [6, 6.07) is 1.79. The second kappa shape index (κ2) is 7.01. The maximum atomic E-state index is 12.7. The molecule has 0 spiro atoms. The molecule has 0 saturated carbocycles. The van der Waals surface area contributed by atoms with Gasteiger partial charge in [0.05, 0.1) is 18.7 Å². The summed E-state index contributed by atoms with van der Waals surface area (Å²) >= 11 is 1.41. The normalized spacial score (nSPS) is 18.2. The first-order chi connectivity index (χ1) is 11.1. The van der Waals surface area contributed by atoms with Gasteiger partial charge in [-0.15, -0.1) is 11.3 Å². The Labute approximate surface area is 138 Å². The molecule has 0 bridgehead atoms. The third-order valence-corrected chi connectivity index (χ3v) is 4.04. The van der Waals surface area contributed by atoms with Gasteiger partial charge in [-0.05, 0) is 19.9 Å². The zero-order valence-electron chi connectivity index (χ0n) is 13.1. The van der Waals surface area contributed by atoms with Crippen LogP contribution >= 0.6 is 11.3 Å². The van der Waals surface area contributed by atoms with Crippen LogP contribution < -0.4 is 5.32 Å². The molecule has 0 aromatic carbocycles. The number of nitrogens with zero attached hydrogens (tertiary/aromatic N) is 4. The smallest absolute Gasteiger partial charge is 0.274 e. The van der Waals surface area contributed by atoms with Gasteiger partial charge in [0.1, 0.15) is 17.6 Å². The van der Waals surface area contributed by atoms with Crippen molar-refractivity contribution in [2.75, 3.05) is 25.1 Å². The molecule has 23 heavy (non-hydrogen) atoms. The predicted molar refractivity (Wildman–Crippen MR) is 87.5 cm³/mol. The van der Waals surface area contributed by atoms with E-state index < -0.39 is 0 Å². The number of amides is 1. The number of carbonyl (C=O) groups excluding carboxylic acids is 1. The Balaban J connectivity index is 1.85. The summed E-state index contributed by atoms with van der Waals surface area (Å²) in [5.41, 5.74) is 2.12. The van der Waals surface area contributed by atoms with E-state index in [9.17, 15) is 4.79 Å². The molecule has 1 atom stereocenters. The summed E-state index contributed by atoms with van der Waals surface area (Å²) in [6.07, 6.45) is 1.70. The van der Waals surface area contributed by atoms with Crippen molar-refractivity contribution in [1.82, 2.24) is 19.9 Å². The lowest BCUT2D eigenvalue weighted by molar-refractivity contribution is -0.00545. The van der Waals surface area contributed by atoms with Crippen molar-refractivity contribution in [2.45, 2.75) is 25.9 Å². The zero-order chi connectivity index (χ0) is 16.2. The summed E-state index contributed by atoms with van der Waals surface area (Å²) in [4.78, 5) is 27.4. The fourth-order valence-corrected chi connectivity index (χ4v) is 2.96. The quantitative estimate of drug-likeness (QED) is 0.921. The van der Waals surface area contributed by atoms with E-state index in [1.54, 1.807) is 22.0 Å². The molecule has 1 aliphatic heterocycles. The fraction of sp³-hybridized carbons (Fsp3) is 0.467. The maximum Gasteiger partial charge on any atom is 0.274 e. The summed E-state index contributed by atoms with van der Waals surface area (Å²) < 4.78 is 5.54. The van der Waals surface area contributed by atoms with Crippen molar-refractivity contribution < 1.29 is 9.53 Å². The summed E-state index contributed by atoms with van der Waals surface area (Å²) in [6.45, 7) is 5.50. The van der Waals surface area contributed by atoms with Crippen LogP contribution in [0.3, 0.4) is 0 Å². The molecule has 3 heterocycles. The first-order valence-electron chi connectivity index (χ1n) is 7.51. The standard InChI is InChI=1S/C15H19N5O2S/c1-10(2)18-13-3-4-16-14(19-13)12-7-22-6-5-20(12)15(21)11-8-23-9-17-11/h3-4,8-10,12H,5-7H2,1-2H3,(H,16,18,19)/t12-/m1/s1. The van der Waals surface area contributed by atoms with E-state index in [-0.39, 0.29) is 18.0 Å². The number of carbonyl (C=O) groups is 1. The minimum Gasteiger partial charge on any atom is -0.377 e. The number of hydrogen-bond acceptors (Lipinski definition) is 7. The van der Waals surface area contributed by atoms with Gasteiger partial charge in [0.25, 0.3) is 5.91 Å². The Hall–Kier alpha value is -2.06. The molecule has 122 valence electrons. The molecular weight excluding hydrogens is 314 g/mol. The van der Waals surface area contributed by atoms with E-state index in [0.717, 1.165) is 5.82 Å². The van der Waals surface area contributed by atoms with E-state index in [1.807, 2.05) is 19.9 Å². The lowest BCUT2D eigenvalue weighted by Crippen LogP contribution is -2.44. The molecular formula is C15H19N5O2S. The maximum absolute atomic E-state index is 12.7. The summed E-state index contributed by atoms with van der Waals surface area (Å²) in [5, 5.41) is 5.01. The van der Waals surface area contributed by atoms with Crippen LogP contribution in [-0.2, 0) is 4.74 Å². The highest BCUT2D eigenvalue weighted by molar-refractivity contribution is 7.07. The Morgan fingerprint density at radius 3 is 3.09 bits per heavy atom. The Morgan fingerprint density at radius 2 is 2.35 bits per heavy atom. The molecule has 1 aliphatic rings. The number of ether oxygens (including phenoxy) is 1. The average Bonchev–Trinajstić information content (AvgIpc) is 3.08. The second-order valence-electron chi connectivity index (χ2n) is 5.56. The number of nitrogens with one attached hydrogen (secondary N) is 1. The van der Waals surface area contributed by atoms with Gasteiger partial charge in [-0.3, -0.25) is 4.79 Å². The molecule has 0 aliphatic carbocycles. The molecule has 2 aromatic rings. The largest absolute Gasteiger partial charge is 0.377 e. The van der Waals surface area contributed by atoms with Gasteiger partial charge in [0.2, 0.25) is 0 Å². The van der Waals surface area contributed by atoms with Crippen LogP contribution in [0.4, 0.5) is 5.82 Å². The molecule has 1 amide bonds. The first-order valence-corrected chi connectivity index (χ1v) is 8.46. The van der Waals surface area contributed by atoms with Gasteiger partial charge >= 0.3 is 0 Å². The molecule has 3 rings (SSSR count). The van der Waals surface area contributed by atoms with Gasteiger partial charge in [-0.1, -0.05) is 0 Å². The van der Waals surface area contributed by atoms with E-state index in [2.05, 4.69) is 20.3 Å². The summed E-state index contributed by atoms with van der Waals surface area (Å²) in [5.74, 6) is 1.22. The van der Waals surface area contributed by atoms with Crippen molar-refractivity contribution in [1.29, 1.82) is 0 Å². The van der Waals surface area contributed by atoms with Crippen LogP contribution in [0.1, 0.15) is 36.2 Å². The van der Waals surface area contributed by atoms with Crippen molar-refractivity contribution in [2.24, 2.45) is 0 Å². The highest BCUT2D eigenvalue weighted by Crippen LogP contribution is 2.24. The van der Waals surface area contributed by atoms with E-state index >= 15 is 0 Å². The number of rotatable bonds is 4. The molecule has 7 nitrogen and oxygen atoms in total. The number of thiazole rings is 1. The number of aromatic nitrogens is 3. The highest BCUT2D eigenvalue weighted by atomic mass is 32.1. The molecule has 2 aromatic heterocycles. The van der Waals surface area contributed by atoms with Crippen molar-refractivity contribution in [3.8, 4) is 0 Å². The van der Waals surface area contributed by atoms with Crippen molar-refractivity contribution in [3.63, 3.8) is 0 Å². The Morgan fingerprint density at radius 1 is 1.48 bits per heavy atom. The Kier molecular flexibility index (Phi) is 4.82. The first kappa shape index (κ1) is 15.8. The fourth-order valence-electron chi connectivity index (χ4n) is 2.44. The summed E-state index contributed by atoms with van der Waals surface area (Å²) in [7, 11) is 0. The van der Waals surface area contributed by atoms with Gasteiger partial charge < -0.3 is 15.0 Å². The third kappa shape index (κ3) is 3.65. The van der Waals surface area contributed by atoms with Gasteiger partial charge in [0, 0.05) is 24.2 Å². The third-order valence-electron chi connectivity index (χ3n) is 3.45. The van der Waals surface area contributed by atoms with Crippen LogP contribution in [0.5, 0.6) is 0 Å². The van der Waals surface area contributed by atoms with Crippen LogP contribution in [0.25, 0.3) is 0 Å². The van der Waals surface area contributed by atoms with Gasteiger partial charge in [-0.2, -0.15) is 0 Å². The van der Waals surface area contributed by atoms with E-state index in [1.165, 1.54) is 11.3 Å². The highest BCUT2D eigenvalue weighted by Gasteiger charge is 2.32. The Bertz CT molecular complexity index is 662. The van der Waals surface area contributed by atoms with Crippen LogP contribution in [0, 0.1) is 0 Å². The van der Waals surface area contributed by atoms with E-state index in [0.29, 0.717) is 31.3 Å². The van der Waals surface area contributed by atoms with Crippen LogP contribution in [0.15, 0.2) is 23.2 Å². The van der Waals surface area contributed by atoms with Crippen LogP contribution in [0.2, 0.25) is 0 Å². The molecule has 8 heteroatoms. The van der Waals surface area contributed by atoms with Gasteiger partial charge in [0.15, 0.2) is 5.82 Å². The number of morpholine rings is 1. The topological polar surface area (TPSA) is 80.2 Å².